The van der Waals surface area contributed by atoms with E-state index in [1.54, 1.807) is 0 Å². The van der Waals surface area contributed by atoms with Crippen LogP contribution in [0.2, 0.25) is 0 Å². The largest absolute Gasteiger partial charge is 0.394 e. The Hall–Kier alpha value is -0.280. The second-order valence-corrected chi connectivity index (χ2v) is 2.69. The normalized spacial score (nSPS) is 21.3. The fourth-order valence-electron chi connectivity index (χ4n) is 0.662. The Morgan fingerprint density at radius 1 is 1.36 bits per heavy atom. The Bertz CT molecular complexity index is 178. The van der Waals surface area contributed by atoms with Crippen molar-refractivity contribution in [1.82, 2.24) is 0 Å². The van der Waals surface area contributed by atoms with Crippen LogP contribution in [-0.2, 0) is 4.79 Å². The van der Waals surface area contributed by atoms with E-state index in [0.717, 1.165) is 0 Å². The molecule has 0 radical (unpaired) electrons. The van der Waals surface area contributed by atoms with Gasteiger partial charge in [-0.3, -0.25) is 10.5 Å². The van der Waals surface area contributed by atoms with E-state index in [-0.39, 0.29) is 18.7 Å². The van der Waals surface area contributed by atoms with Crippen LogP contribution in [-0.4, -0.2) is 62.5 Å². The standard InChI is InChI=1S/C6H13NO6.ClH/c7-6(13,2-9)5(12)4(11)3(10)1-8;/h2-5,8,10-13H,1,7H2;1H/t3?,4?,5?,6-;/m0./s1. The lowest BCUT2D eigenvalue weighted by Gasteiger charge is -2.28. The predicted molar refractivity (Wildman–Crippen MR) is 47.6 cm³/mol. The fraction of sp³-hybridized carbons (Fsp3) is 0.833. The van der Waals surface area contributed by atoms with Crippen molar-refractivity contribution < 1.29 is 30.3 Å². The molecule has 0 spiro atoms. The second-order valence-electron chi connectivity index (χ2n) is 2.69. The van der Waals surface area contributed by atoms with Gasteiger partial charge < -0.3 is 25.5 Å². The Labute approximate surface area is 86.2 Å². The third-order valence-electron chi connectivity index (χ3n) is 1.57. The van der Waals surface area contributed by atoms with Gasteiger partial charge in [0.25, 0.3) is 0 Å². The fourth-order valence-corrected chi connectivity index (χ4v) is 0.662. The van der Waals surface area contributed by atoms with E-state index in [1.165, 1.54) is 0 Å². The SMILES string of the molecule is Cl.N[C@](O)(C=O)C(O)C(O)C(O)CO. The number of nitrogens with two attached hydrogens (primary N) is 1. The summed E-state index contributed by atoms with van der Waals surface area (Å²) in [5.74, 6) is 0. The minimum Gasteiger partial charge on any atom is -0.394 e. The van der Waals surface area contributed by atoms with Crippen molar-refractivity contribution >= 4 is 18.7 Å². The summed E-state index contributed by atoms with van der Waals surface area (Å²) in [4.78, 5) is 10.1. The van der Waals surface area contributed by atoms with Gasteiger partial charge in [0.05, 0.1) is 6.61 Å². The molecule has 8 heteroatoms. The van der Waals surface area contributed by atoms with E-state index in [0.29, 0.717) is 0 Å². The molecule has 0 aliphatic carbocycles. The van der Waals surface area contributed by atoms with Crippen molar-refractivity contribution in [3.05, 3.63) is 0 Å². The zero-order valence-corrected chi connectivity index (χ0v) is 7.96. The Morgan fingerprint density at radius 2 is 1.79 bits per heavy atom. The van der Waals surface area contributed by atoms with E-state index in [4.69, 9.17) is 31.3 Å². The van der Waals surface area contributed by atoms with Crippen LogP contribution in [0, 0.1) is 0 Å². The highest BCUT2D eigenvalue weighted by molar-refractivity contribution is 5.85. The van der Waals surface area contributed by atoms with Crippen molar-refractivity contribution in [3.63, 3.8) is 0 Å². The highest BCUT2D eigenvalue weighted by Gasteiger charge is 2.39. The molecule has 0 amide bonds. The van der Waals surface area contributed by atoms with Crippen molar-refractivity contribution in [3.8, 4) is 0 Å². The Morgan fingerprint density at radius 3 is 2.07 bits per heavy atom. The summed E-state index contributed by atoms with van der Waals surface area (Å²) in [5, 5.41) is 44.1. The molecule has 0 aromatic rings. The van der Waals surface area contributed by atoms with Crippen molar-refractivity contribution in [2.45, 2.75) is 24.0 Å². The van der Waals surface area contributed by atoms with Crippen LogP contribution in [0.25, 0.3) is 0 Å². The van der Waals surface area contributed by atoms with Crippen LogP contribution in [0.4, 0.5) is 0 Å². The molecule has 0 aliphatic rings. The predicted octanol–water partition coefficient (Wildman–Crippen LogP) is -3.67. The molecule has 0 aliphatic heterocycles. The van der Waals surface area contributed by atoms with Gasteiger partial charge in [-0.05, 0) is 0 Å². The van der Waals surface area contributed by atoms with E-state index in [2.05, 4.69) is 0 Å². The molecule has 0 saturated carbocycles. The maximum absolute atomic E-state index is 10.1. The molecule has 0 aromatic heterocycles. The van der Waals surface area contributed by atoms with Gasteiger partial charge >= 0.3 is 0 Å². The van der Waals surface area contributed by atoms with Gasteiger partial charge in [-0.1, -0.05) is 0 Å². The average molecular weight is 232 g/mol. The molecule has 14 heavy (non-hydrogen) atoms. The summed E-state index contributed by atoms with van der Waals surface area (Å²) in [5.41, 5.74) is 2.19. The van der Waals surface area contributed by atoms with Crippen LogP contribution < -0.4 is 5.73 Å². The van der Waals surface area contributed by atoms with Gasteiger partial charge in [0.15, 0.2) is 12.0 Å². The molecule has 0 saturated heterocycles. The molecule has 0 fully saturated rings. The number of carbonyl (C=O) groups is 1. The van der Waals surface area contributed by atoms with Crippen LogP contribution in [0.3, 0.4) is 0 Å². The van der Waals surface area contributed by atoms with Gasteiger partial charge in [-0.2, -0.15) is 0 Å². The lowest BCUT2D eigenvalue weighted by molar-refractivity contribution is -0.163. The molecule has 7 N–H and O–H groups in total. The number of aliphatic hydroxyl groups excluding tert-OH is 4. The zero-order valence-electron chi connectivity index (χ0n) is 7.15. The summed E-state index contributed by atoms with van der Waals surface area (Å²) in [6, 6.07) is 0. The lowest BCUT2D eigenvalue weighted by Crippen LogP contribution is -2.60. The highest BCUT2D eigenvalue weighted by atomic mass is 35.5. The summed E-state index contributed by atoms with van der Waals surface area (Å²) in [6.45, 7) is -0.826. The minimum absolute atomic E-state index is 0. The molecule has 0 heterocycles. The van der Waals surface area contributed by atoms with Crippen LogP contribution in [0.5, 0.6) is 0 Å². The maximum atomic E-state index is 10.1. The quantitative estimate of drug-likeness (QED) is 0.211. The number of aliphatic hydroxyl groups is 5. The van der Waals surface area contributed by atoms with Crippen LogP contribution >= 0.6 is 12.4 Å². The van der Waals surface area contributed by atoms with E-state index >= 15 is 0 Å². The first kappa shape index (κ1) is 16.2. The number of carbonyl (C=O) groups excluding carboxylic acids is 1. The number of halogens is 1. The molecule has 86 valence electrons. The molecule has 0 rings (SSSR count). The van der Waals surface area contributed by atoms with Gasteiger partial charge in [0.2, 0.25) is 0 Å². The van der Waals surface area contributed by atoms with Crippen molar-refractivity contribution in [2.75, 3.05) is 6.61 Å². The van der Waals surface area contributed by atoms with Crippen molar-refractivity contribution in [1.29, 1.82) is 0 Å². The maximum Gasteiger partial charge on any atom is 0.199 e. The third-order valence-corrected chi connectivity index (χ3v) is 1.57. The van der Waals surface area contributed by atoms with Crippen LogP contribution in [0.15, 0.2) is 0 Å². The number of hydrogen-bond acceptors (Lipinski definition) is 7. The van der Waals surface area contributed by atoms with Crippen LogP contribution in [0.1, 0.15) is 0 Å². The first-order valence-corrected chi connectivity index (χ1v) is 3.49. The molecule has 4 atom stereocenters. The Kier molecular flexibility index (Phi) is 7.21. The van der Waals surface area contributed by atoms with Gasteiger partial charge in [-0.25, -0.2) is 0 Å². The summed E-state index contributed by atoms with van der Waals surface area (Å²) < 4.78 is 0. The third kappa shape index (κ3) is 3.84. The zero-order chi connectivity index (χ0) is 10.6. The first-order chi connectivity index (χ1) is 5.86. The monoisotopic (exact) mass is 231 g/mol. The number of aldehydes is 1. The molecular weight excluding hydrogens is 218 g/mol. The van der Waals surface area contributed by atoms with E-state index < -0.39 is 30.6 Å². The van der Waals surface area contributed by atoms with Gasteiger partial charge in [-0.15, -0.1) is 12.4 Å². The second kappa shape index (κ2) is 6.25. The van der Waals surface area contributed by atoms with E-state index in [1.807, 2.05) is 0 Å². The summed E-state index contributed by atoms with van der Waals surface area (Å²) in [7, 11) is 0. The molecule has 0 aromatic carbocycles. The van der Waals surface area contributed by atoms with Gasteiger partial charge in [0.1, 0.15) is 18.3 Å². The molecule has 0 bridgehead atoms. The summed E-state index contributed by atoms with van der Waals surface area (Å²) in [6.07, 6.45) is -5.81. The number of rotatable bonds is 5. The average Bonchev–Trinajstić information content (AvgIpc) is 2.14. The van der Waals surface area contributed by atoms with Crippen molar-refractivity contribution in [2.24, 2.45) is 5.73 Å². The summed E-state index contributed by atoms with van der Waals surface area (Å²) >= 11 is 0. The minimum atomic E-state index is -2.64. The smallest absolute Gasteiger partial charge is 0.199 e. The van der Waals surface area contributed by atoms with E-state index in [9.17, 15) is 4.79 Å². The molecular formula is C6H14ClNO6. The highest BCUT2D eigenvalue weighted by Crippen LogP contribution is 2.08. The first-order valence-electron chi connectivity index (χ1n) is 3.49. The topological polar surface area (TPSA) is 144 Å². The molecule has 7 nitrogen and oxygen atoms in total. The molecule has 3 unspecified atom stereocenters. The lowest BCUT2D eigenvalue weighted by atomic mass is 10.00. The van der Waals surface area contributed by atoms with Gasteiger partial charge in [0, 0.05) is 0 Å². The Balaban J connectivity index is 0. The number of hydrogen-bond donors (Lipinski definition) is 6.